The average molecular weight is 472 g/mol. The summed E-state index contributed by atoms with van der Waals surface area (Å²) in [7, 11) is 0. The zero-order chi connectivity index (χ0) is 23.4. The van der Waals surface area contributed by atoms with Gasteiger partial charge in [0.15, 0.2) is 5.60 Å². The molecule has 11 heteroatoms. The molecule has 2 N–H and O–H groups in total. The lowest BCUT2D eigenvalue weighted by atomic mass is 9.88. The molecule has 178 valence electrons. The number of oxime groups is 1. The van der Waals surface area contributed by atoms with Gasteiger partial charge in [0.1, 0.15) is 5.69 Å². The van der Waals surface area contributed by atoms with Gasteiger partial charge in [-0.05, 0) is 24.0 Å². The van der Waals surface area contributed by atoms with Crippen LogP contribution in [-0.4, -0.2) is 78.2 Å². The SMILES string of the molecule is O=C(N1CCc2[nH]nnc2C1)N1CC2(CC(c3cnc(NC4Cc5ccccc5C4)nc3)=NO2)C1. The molecule has 35 heavy (non-hydrogen) atoms. The number of aromatic nitrogens is 5. The monoisotopic (exact) mass is 471 g/mol. The maximum absolute atomic E-state index is 12.9. The predicted molar refractivity (Wildman–Crippen MR) is 126 cm³/mol. The first kappa shape index (κ1) is 20.4. The molecule has 0 atom stereocenters. The van der Waals surface area contributed by atoms with Crippen molar-refractivity contribution < 1.29 is 9.63 Å². The second-order valence-corrected chi connectivity index (χ2v) is 9.85. The second-order valence-electron chi connectivity index (χ2n) is 9.85. The summed E-state index contributed by atoms with van der Waals surface area (Å²) in [5.74, 6) is 0.623. The van der Waals surface area contributed by atoms with Crippen molar-refractivity contribution >= 4 is 17.7 Å². The van der Waals surface area contributed by atoms with Crippen LogP contribution in [-0.2, 0) is 30.6 Å². The molecule has 1 aromatic carbocycles. The number of aromatic amines is 1. The summed E-state index contributed by atoms with van der Waals surface area (Å²) < 4.78 is 0. The van der Waals surface area contributed by atoms with Crippen molar-refractivity contribution in [3.63, 3.8) is 0 Å². The molecule has 0 bridgehead atoms. The average Bonchev–Trinajstić information content (AvgIpc) is 3.60. The Morgan fingerprint density at radius 3 is 2.66 bits per heavy atom. The first-order valence-electron chi connectivity index (χ1n) is 12.0. The number of likely N-dealkylation sites (tertiary alicyclic amines) is 1. The summed E-state index contributed by atoms with van der Waals surface area (Å²) in [4.78, 5) is 31.4. The number of urea groups is 1. The molecule has 11 nitrogen and oxygen atoms in total. The molecule has 1 saturated heterocycles. The van der Waals surface area contributed by atoms with Gasteiger partial charge in [-0.15, -0.1) is 5.10 Å². The normalized spacial score (nSPS) is 20.2. The zero-order valence-electron chi connectivity index (χ0n) is 19.1. The molecule has 2 aromatic heterocycles. The van der Waals surface area contributed by atoms with Crippen molar-refractivity contribution in [1.82, 2.24) is 35.2 Å². The Morgan fingerprint density at radius 1 is 1.11 bits per heavy atom. The maximum atomic E-state index is 12.9. The van der Waals surface area contributed by atoms with Crippen LogP contribution in [0.4, 0.5) is 10.7 Å². The summed E-state index contributed by atoms with van der Waals surface area (Å²) in [6, 6.07) is 8.85. The minimum absolute atomic E-state index is 0.00847. The van der Waals surface area contributed by atoms with Gasteiger partial charge < -0.3 is 20.0 Å². The molecule has 1 spiro atoms. The molecule has 4 aliphatic rings. The fraction of sp³-hybridized carbons (Fsp3) is 0.417. The number of hydrogen-bond acceptors (Lipinski definition) is 8. The Kier molecular flexibility index (Phi) is 4.51. The molecule has 2 amide bonds. The van der Waals surface area contributed by atoms with Gasteiger partial charge in [0.25, 0.3) is 0 Å². The van der Waals surface area contributed by atoms with Crippen LogP contribution in [0.3, 0.4) is 0 Å². The van der Waals surface area contributed by atoms with Crippen LogP contribution in [0.25, 0.3) is 0 Å². The fourth-order valence-corrected chi connectivity index (χ4v) is 5.49. The van der Waals surface area contributed by atoms with Crippen molar-refractivity contribution in [2.75, 3.05) is 25.0 Å². The lowest BCUT2D eigenvalue weighted by Crippen LogP contribution is -2.66. The van der Waals surface area contributed by atoms with E-state index in [1.54, 1.807) is 12.4 Å². The van der Waals surface area contributed by atoms with E-state index in [-0.39, 0.29) is 6.03 Å². The van der Waals surface area contributed by atoms with Crippen LogP contribution in [0.5, 0.6) is 0 Å². The van der Waals surface area contributed by atoms with Gasteiger partial charge in [-0.3, -0.25) is 5.10 Å². The summed E-state index contributed by atoms with van der Waals surface area (Å²) in [5, 5.41) is 18.6. The highest BCUT2D eigenvalue weighted by Crippen LogP contribution is 2.36. The van der Waals surface area contributed by atoms with E-state index in [4.69, 9.17) is 4.84 Å². The third-order valence-electron chi connectivity index (χ3n) is 7.38. The van der Waals surface area contributed by atoms with Gasteiger partial charge in [0.05, 0.1) is 31.0 Å². The van der Waals surface area contributed by atoms with Crippen LogP contribution in [0.1, 0.15) is 34.5 Å². The van der Waals surface area contributed by atoms with Crippen LogP contribution < -0.4 is 5.32 Å². The van der Waals surface area contributed by atoms with Gasteiger partial charge in [0.2, 0.25) is 5.95 Å². The van der Waals surface area contributed by atoms with Gasteiger partial charge in [-0.25, -0.2) is 14.8 Å². The van der Waals surface area contributed by atoms with Crippen molar-refractivity contribution in [3.05, 3.63) is 64.7 Å². The van der Waals surface area contributed by atoms with E-state index in [0.29, 0.717) is 44.6 Å². The number of H-pyrrole nitrogens is 1. The van der Waals surface area contributed by atoms with Crippen LogP contribution in [0.15, 0.2) is 41.8 Å². The fourth-order valence-electron chi connectivity index (χ4n) is 5.49. The molecule has 0 unspecified atom stereocenters. The summed E-state index contributed by atoms with van der Waals surface area (Å²) in [6.07, 6.45) is 6.94. The molecule has 3 aliphatic heterocycles. The van der Waals surface area contributed by atoms with Crippen LogP contribution in [0.2, 0.25) is 0 Å². The number of anilines is 1. The van der Waals surface area contributed by atoms with Gasteiger partial charge >= 0.3 is 6.03 Å². The first-order valence-corrected chi connectivity index (χ1v) is 12.0. The van der Waals surface area contributed by atoms with E-state index >= 15 is 0 Å². The zero-order valence-corrected chi connectivity index (χ0v) is 19.1. The van der Waals surface area contributed by atoms with E-state index in [0.717, 1.165) is 41.9 Å². The Balaban J connectivity index is 0.932. The minimum atomic E-state index is -0.452. The predicted octanol–water partition coefficient (Wildman–Crippen LogP) is 1.53. The summed E-state index contributed by atoms with van der Waals surface area (Å²) in [5.41, 5.74) is 5.86. The Bertz CT molecular complexity index is 1290. The van der Waals surface area contributed by atoms with Gasteiger partial charge in [0, 0.05) is 43.4 Å². The number of rotatable bonds is 3. The third-order valence-corrected chi connectivity index (χ3v) is 7.38. The lowest BCUT2D eigenvalue weighted by molar-refractivity contribution is -0.111. The minimum Gasteiger partial charge on any atom is -0.385 e. The van der Waals surface area contributed by atoms with E-state index < -0.39 is 5.60 Å². The molecule has 5 heterocycles. The van der Waals surface area contributed by atoms with Crippen molar-refractivity contribution in [1.29, 1.82) is 0 Å². The lowest BCUT2D eigenvalue weighted by Gasteiger charge is -2.47. The molecule has 7 rings (SSSR count). The highest BCUT2D eigenvalue weighted by atomic mass is 16.7. The first-order chi connectivity index (χ1) is 17.1. The number of carbonyl (C=O) groups excluding carboxylic acids is 1. The Hall–Kier alpha value is -4.02. The standard InChI is InChI=1S/C24H25N9O2/c34-23(32-6-5-19-21(12-32)29-31-28-19)33-13-24(14-33)9-20(30-35-24)17-10-25-22(26-11-17)27-18-7-15-3-1-2-4-16(15)8-18/h1-4,10-11,18H,5-9,12-14H2,(H,25,26,27)(H,28,29,31). The van der Waals surface area contributed by atoms with E-state index in [1.165, 1.54) is 11.1 Å². The largest absolute Gasteiger partial charge is 0.385 e. The summed E-state index contributed by atoms with van der Waals surface area (Å²) >= 11 is 0. The molecular formula is C24H25N9O2. The molecule has 1 aliphatic carbocycles. The van der Waals surface area contributed by atoms with E-state index in [1.807, 2.05) is 9.80 Å². The quantitative estimate of drug-likeness (QED) is 0.594. The number of hydrogen-bond donors (Lipinski definition) is 2. The number of benzene rings is 1. The van der Waals surface area contributed by atoms with E-state index in [2.05, 4.69) is 60.1 Å². The molecule has 1 fully saturated rings. The number of nitrogens with one attached hydrogen (secondary N) is 2. The highest BCUT2D eigenvalue weighted by Gasteiger charge is 2.52. The maximum Gasteiger partial charge on any atom is 0.320 e. The molecule has 0 radical (unpaired) electrons. The van der Waals surface area contributed by atoms with Crippen LogP contribution >= 0.6 is 0 Å². The number of nitrogens with zero attached hydrogens (tertiary/aromatic N) is 7. The smallest absolute Gasteiger partial charge is 0.320 e. The van der Waals surface area contributed by atoms with Crippen molar-refractivity contribution in [2.45, 2.75) is 43.9 Å². The van der Waals surface area contributed by atoms with Gasteiger partial charge in [-0.1, -0.05) is 34.6 Å². The Labute approximate surface area is 201 Å². The number of amides is 2. The van der Waals surface area contributed by atoms with Gasteiger partial charge in [-0.2, -0.15) is 0 Å². The van der Waals surface area contributed by atoms with E-state index in [9.17, 15) is 4.79 Å². The van der Waals surface area contributed by atoms with Crippen molar-refractivity contribution in [3.8, 4) is 0 Å². The van der Waals surface area contributed by atoms with Crippen molar-refractivity contribution in [2.24, 2.45) is 5.16 Å². The number of carbonyl (C=O) groups is 1. The number of fused-ring (bicyclic) bond motifs is 2. The topological polar surface area (TPSA) is 125 Å². The third kappa shape index (κ3) is 3.58. The summed E-state index contributed by atoms with van der Waals surface area (Å²) in [6.45, 7) is 2.18. The molecule has 0 saturated carbocycles. The Morgan fingerprint density at radius 2 is 1.89 bits per heavy atom. The second kappa shape index (κ2) is 7.76. The highest BCUT2D eigenvalue weighted by molar-refractivity contribution is 6.01. The molecular weight excluding hydrogens is 446 g/mol. The molecule has 3 aromatic rings. The van der Waals surface area contributed by atoms with Crippen LogP contribution in [0, 0.1) is 0 Å².